The van der Waals surface area contributed by atoms with E-state index in [1.807, 2.05) is 44.2 Å². The molecule has 0 atom stereocenters. The molecule has 8 heteroatoms. The summed E-state index contributed by atoms with van der Waals surface area (Å²) >= 11 is 0. The number of aromatic nitrogens is 3. The van der Waals surface area contributed by atoms with Gasteiger partial charge in [-0.15, -0.1) is 0 Å². The number of anilines is 1. The van der Waals surface area contributed by atoms with Gasteiger partial charge < -0.3 is 9.47 Å². The number of rotatable bonds is 4. The van der Waals surface area contributed by atoms with Crippen LogP contribution < -0.4 is 15.2 Å². The maximum atomic E-state index is 12.2. The second-order valence-electron chi connectivity index (χ2n) is 6.32. The quantitative estimate of drug-likeness (QED) is 0.639. The van der Waals surface area contributed by atoms with Crippen LogP contribution in [0.3, 0.4) is 0 Å². The molecule has 0 aliphatic carbocycles. The molecule has 3 heterocycles. The molecular weight excluding hydrogens is 396 g/mol. The first kappa shape index (κ1) is 23.8. The van der Waals surface area contributed by atoms with Crippen LogP contribution >= 0.6 is 0 Å². The van der Waals surface area contributed by atoms with Crippen LogP contribution in [0.5, 0.6) is 5.75 Å². The Morgan fingerprint density at radius 3 is 2.32 bits per heavy atom. The van der Waals surface area contributed by atoms with Gasteiger partial charge in [-0.05, 0) is 29.8 Å². The summed E-state index contributed by atoms with van der Waals surface area (Å²) in [5, 5.41) is 4.10. The topological polar surface area (TPSA) is 86.6 Å². The lowest BCUT2D eigenvalue weighted by Gasteiger charge is -2.14. The summed E-state index contributed by atoms with van der Waals surface area (Å²) < 4.78 is 11.1. The van der Waals surface area contributed by atoms with E-state index in [0.717, 1.165) is 17.0 Å². The molecule has 0 saturated carbocycles. The van der Waals surface area contributed by atoms with Crippen LogP contribution in [0.25, 0.3) is 0 Å². The average molecular weight is 425 g/mol. The van der Waals surface area contributed by atoms with E-state index in [4.69, 9.17) is 9.47 Å². The summed E-state index contributed by atoms with van der Waals surface area (Å²) in [6, 6.07) is 14.2. The van der Waals surface area contributed by atoms with Crippen molar-refractivity contribution in [2.75, 3.05) is 19.1 Å². The first-order valence-electron chi connectivity index (χ1n) is 9.95. The average Bonchev–Trinajstić information content (AvgIpc) is 3.15. The number of aryl methyl sites for hydroxylation is 1. The lowest BCUT2D eigenvalue weighted by atomic mass is 10.1. The van der Waals surface area contributed by atoms with Crippen molar-refractivity contribution >= 4 is 11.7 Å². The van der Waals surface area contributed by atoms with Gasteiger partial charge in [0.2, 0.25) is 0 Å². The number of hydrogen-bond acceptors (Lipinski definition) is 6. The molecule has 31 heavy (non-hydrogen) atoms. The lowest BCUT2D eigenvalue weighted by molar-refractivity contribution is 0.0995. The molecule has 0 bridgehead atoms. The van der Waals surface area contributed by atoms with Crippen LogP contribution in [-0.2, 0) is 24.9 Å². The molecule has 8 nitrogen and oxygen atoms in total. The number of nitrogens with zero attached hydrogens (tertiary/aromatic N) is 4. The third kappa shape index (κ3) is 5.99. The number of fused-ring (bicyclic) bond motifs is 1. The fraction of sp³-hybridized carbons (Fsp3) is 0.304. The summed E-state index contributed by atoms with van der Waals surface area (Å²) in [6.07, 6.45) is 1.67. The smallest absolute Gasteiger partial charge is 0.266 e. The fourth-order valence-electron chi connectivity index (χ4n) is 2.84. The molecule has 1 amide bonds. The van der Waals surface area contributed by atoms with Crippen molar-refractivity contribution in [3.63, 3.8) is 0 Å². The minimum Gasteiger partial charge on any atom is -0.495 e. The van der Waals surface area contributed by atoms with E-state index in [9.17, 15) is 9.59 Å². The monoisotopic (exact) mass is 424 g/mol. The molecule has 0 N–H and O–H groups in total. The Hall–Kier alpha value is -3.52. The number of amides is 1. The van der Waals surface area contributed by atoms with Crippen molar-refractivity contribution in [2.45, 2.75) is 27.0 Å². The number of benzene rings is 1. The summed E-state index contributed by atoms with van der Waals surface area (Å²) in [4.78, 5) is 29.1. The minimum absolute atomic E-state index is 0.0725. The standard InChI is InChI=1S/C13H11N3O2.C8H11NO2.C2H6/c1-15-12(17)7-6-11(14-15)16-8-9-4-2-3-5-10(9)13(16)18;1-10-6-7-3-4-8(11-2)5-9-7;1-2/h2-7H,8H2,1H3;3-5H,6H2,1-2H3;1-2H3. The predicted octanol–water partition coefficient (Wildman–Crippen LogP) is 3.20. The molecule has 164 valence electrons. The molecule has 0 unspecified atom stereocenters. The molecule has 1 aromatic carbocycles. The van der Waals surface area contributed by atoms with Gasteiger partial charge in [-0.2, -0.15) is 5.10 Å². The van der Waals surface area contributed by atoms with Crippen LogP contribution in [0.1, 0.15) is 35.5 Å². The van der Waals surface area contributed by atoms with Gasteiger partial charge >= 0.3 is 0 Å². The van der Waals surface area contributed by atoms with E-state index in [1.165, 1.54) is 10.7 Å². The van der Waals surface area contributed by atoms with Crippen LogP contribution in [0.2, 0.25) is 0 Å². The van der Waals surface area contributed by atoms with Gasteiger partial charge in [-0.25, -0.2) is 4.68 Å². The molecule has 1 aliphatic heterocycles. The number of carbonyl (C=O) groups is 1. The zero-order valence-corrected chi connectivity index (χ0v) is 18.5. The first-order chi connectivity index (χ1) is 15.0. The highest BCUT2D eigenvalue weighted by Gasteiger charge is 2.28. The maximum absolute atomic E-state index is 12.2. The Kier molecular flexibility index (Phi) is 8.90. The number of pyridine rings is 1. The highest BCUT2D eigenvalue weighted by Crippen LogP contribution is 2.25. The summed E-state index contributed by atoms with van der Waals surface area (Å²) in [7, 11) is 4.83. The largest absolute Gasteiger partial charge is 0.495 e. The number of ether oxygens (including phenoxy) is 2. The Balaban J connectivity index is 0.000000226. The van der Waals surface area contributed by atoms with E-state index < -0.39 is 0 Å². The zero-order chi connectivity index (χ0) is 22.8. The number of methoxy groups -OCH3 is 2. The van der Waals surface area contributed by atoms with Crippen LogP contribution in [0.4, 0.5) is 5.82 Å². The molecule has 0 saturated heterocycles. The molecule has 3 aromatic rings. The minimum atomic E-state index is -0.192. The highest BCUT2D eigenvalue weighted by atomic mass is 16.5. The van der Waals surface area contributed by atoms with Crippen LogP contribution in [0, 0.1) is 0 Å². The fourth-order valence-corrected chi connectivity index (χ4v) is 2.84. The lowest BCUT2D eigenvalue weighted by Crippen LogP contribution is -2.28. The number of hydrogen-bond donors (Lipinski definition) is 0. The van der Waals surface area contributed by atoms with Gasteiger partial charge in [-0.1, -0.05) is 32.0 Å². The van der Waals surface area contributed by atoms with E-state index >= 15 is 0 Å². The maximum Gasteiger partial charge on any atom is 0.266 e. The van der Waals surface area contributed by atoms with Crippen molar-refractivity contribution in [1.82, 2.24) is 14.8 Å². The molecule has 1 aliphatic rings. The third-order valence-corrected chi connectivity index (χ3v) is 4.37. The molecule has 2 aromatic heterocycles. The Morgan fingerprint density at radius 2 is 1.74 bits per heavy atom. The normalized spacial score (nSPS) is 11.6. The van der Waals surface area contributed by atoms with Gasteiger partial charge in [0.1, 0.15) is 5.75 Å². The van der Waals surface area contributed by atoms with Gasteiger partial charge in [0, 0.05) is 25.8 Å². The second kappa shape index (κ2) is 11.6. The van der Waals surface area contributed by atoms with Crippen molar-refractivity contribution in [2.24, 2.45) is 7.05 Å². The van der Waals surface area contributed by atoms with Gasteiger partial charge in [-0.3, -0.25) is 19.5 Å². The molecule has 0 spiro atoms. The van der Waals surface area contributed by atoms with E-state index in [1.54, 1.807) is 44.5 Å². The Morgan fingerprint density at radius 1 is 1.00 bits per heavy atom. The highest BCUT2D eigenvalue weighted by molar-refractivity contribution is 6.09. The molecule has 0 radical (unpaired) electrons. The van der Waals surface area contributed by atoms with E-state index in [0.29, 0.717) is 24.5 Å². The Bertz CT molecular complexity index is 1050. The van der Waals surface area contributed by atoms with Crippen molar-refractivity contribution in [3.05, 3.63) is 81.9 Å². The van der Waals surface area contributed by atoms with Gasteiger partial charge in [0.25, 0.3) is 11.5 Å². The molecule has 0 fully saturated rings. The van der Waals surface area contributed by atoms with Crippen LogP contribution in [0.15, 0.2) is 59.5 Å². The van der Waals surface area contributed by atoms with Crippen molar-refractivity contribution in [1.29, 1.82) is 0 Å². The second-order valence-corrected chi connectivity index (χ2v) is 6.32. The number of carbonyl (C=O) groups excluding carboxylic acids is 1. The first-order valence-corrected chi connectivity index (χ1v) is 9.95. The van der Waals surface area contributed by atoms with E-state index in [2.05, 4.69) is 10.1 Å². The third-order valence-electron chi connectivity index (χ3n) is 4.37. The van der Waals surface area contributed by atoms with Gasteiger partial charge in [0.15, 0.2) is 5.82 Å². The summed E-state index contributed by atoms with van der Waals surface area (Å²) in [5.41, 5.74) is 2.41. The van der Waals surface area contributed by atoms with Crippen molar-refractivity contribution < 1.29 is 14.3 Å². The predicted molar refractivity (Wildman–Crippen MR) is 119 cm³/mol. The summed E-state index contributed by atoms with van der Waals surface area (Å²) in [5.74, 6) is 1.19. The van der Waals surface area contributed by atoms with Crippen molar-refractivity contribution in [3.8, 4) is 5.75 Å². The SMILES string of the molecule is CC.COCc1ccc(OC)cn1.Cn1nc(N2Cc3ccccc3C2=O)ccc1=O. The van der Waals surface area contributed by atoms with Crippen LogP contribution in [-0.4, -0.2) is 34.9 Å². The Labute approximate surface area is 182 Å². The zero-order valence-electron chi connectivity index (χ0n) is 18.5. The molecular formula is C23H28N4O4. The molecule has 4 rings (SSSR count). The van der Waals surface area contributed by atoms with Gasteiger partial charge in [0.05, 0.1) is 32.2 Å². The summed E-state index contributed by atoms with van der Waals surface area (Å²) in [6.45, 7) is 5.05. The van der Waals surface area contributed by atoms with E-state index in [-0.39, 0.29) is 11.5 Å².